The Bertz CT molecular complexity index is 891. The molecule has 1 heterocycles. The Labute approximate surface area is 178 Å². The molecule has 9 heteroatoms. The van der Waals surface area contributed by atoms with E-state index in [0.29, 0.717) is 12.5 Å². The fourth-order valence-corrected chi connectivity index (χ4v) is 2.91. The summed E-state index contributed by atoms with van der Waals surface area (Å²) in [6.07, 6.45) is 0.868. The minimum Gasteiger partial charge on any atom is -0.356 e. The van der Waals surface area contributed by atoms with Gasteiger partial charge in [0.1, 0.15) is 6.54 Å². The molecule has 1 aliphatic rings. The number of carbonyl (C=O) groups excluding carboxylic acids is 1. The number of benzene rings is 2. The van der Waals surface area contributed by atoms with E-state index in [1.807, 2.05) is 36.1 Å². The molecule has 0 aromatic heterocycles. The van der Waals surface area contributed by atoms with E-state index in [1.165, 1.54) is 5.56 Å². The number of aliphatic imine (C=N–C) groups is 1. The van der Waals surface area contributed by atoms with E-state index in [9.17, 15) is 18.0 Å². The molecular weight excluding hydrogens is 484 g/mol. The second-order valence-electron chi connectivity index (χ2n) is 5.97. The summed E-state index contributed by atoms with van der Waals surface area (Å²) in [6, 6.07) is 9.64. The van der Waals surface area contributed by atoms with E-state index in [2.05, 4.69) is 15.6 Å². The van der Waals surface area contributed by atoms with Gasteiger partial charge in [0, 0.05) is 18.8 Å². The smallest absolute Gasteiger partial charge is 0.246 e. The summed E-state index contributed by atoms with van der Waals surface area (Å²) in [5.41, 5.74) is 1.78. The molecule has 3 rings (SSSR count). The molecule has 1 aliphatic heterocycles. The molecule has 0 fully saturated rings. The average Bonchev–Trinajstić information content (AvgIpc) is 3.09. The number of hydrogen-bond acceptors (Lipinski definition) is 2. The molecule has 0 atom stereocenters. The van der Waals surface area contributed by atoms with Crippen LogP contribution in [0.1, 0.15) is 12.5 Å². The minimum absolute atomic E-state index is 0. The Morgan fingerprint density at radius 3 is 2.64 bits per heavy atom. The van der Waals surface area contributed by atoms with E-state index in [4.69, 9.17) is 0 Å². The van der Waals surface area contributed by atoms with Crippen LogP contribution in [0.15, 0.2) is 41.4 Å². The average molecular weight is 504 g/mol. The maximum absolute atomic E-state index is 13.7. The van der Waals surface area contributed by atoms with Crippen molar-refractivity contribution in [1.29, 1.82) is 0 Å². The lowest BCUT2D eigenvalue weighted by Crippen LogP contribution is -2.41. The molecule has 0 bridgehead atoms. The number of hydrogen-bond donors (Lipinski definition) is 2. The van der Waals surface area contributed by atoms with Gasteiger partial charge in [-0.1, -0.05) is 18.2 Å². The van der Waals surface area contributed by atoms with Crippen molar-refractivity contribution in [2.75, 3.05) is 29.9 Å². The summed E-state index contributed by atoms with van der Waals surface area (Å²) in [5, 5.41) is 5.34. The molecule has 2 N–H and O–H groups in total. The predicted molar refractivity (Wildman–Crippen MR) is 114 cm³/mol. The number of amides is 1. The highest BCUT2D eigenvalue weighted by molar-refractivity contribution is 14.0. The van der Waals surface area contributed by atoms with Crippen molar-refractivity contribution in [2.24, 2.45) is 4.99 Å². The SMILES string of the molecule is CCNC(=NCC(=O)Nc1ccc(F)c(F)c1F)N1CCc2ccccc21.I. The van der Waals surface area contributed by atoms with Crippen LogP contribution >= 0.6 is 24.0 Å². The van der Waals surface area contributed by atoms with Gasteiger partial charge in [-0.15, -0.1) is 24.0 Å². The molecule has 2 aromatic carbocycles. The first-order valence-corrected chi connectivity index (χ1v) is 8.58. The maximum Gasteiger partial charge on any atom is 0.246 e. The third-order valence-corrected chi connectivity index (χ3v) is 4.16. The second kappa shape index (κ2) is 9.76. The number of para-hydroxylation sites is 1. The Balaban J connectivity index is 0.00000280. The van der Waals surface area contributed by atoms with Crippen LogP contribution in [0.4, 0.5) is 24.5 Å². The number of carbonyl (C=O) groups is 1. The summed E-state index contributed by atoms with van der Waals surface area (Å²) in [4.78, 5) is 18.3. The number of anilines is 2. The van der Waals surface area contributed by atoms with Crippen molar-refractivity contribution >= 4 is 47.2 Å². The quantitative estimate of drug-likeness (QED) is 0.289. The molecule has 0 saturated carbocycles. The lowest BCUT2D eigenvalue weighted by molar-refractivity contribution is -0.114. The van der Waals surface area contributed by atoms with E-state index in [1.54, 1.807) is 0 Å². The van der Waals surface area contributed by atoms with Crippen molar-refractivity contribution in [3.05, 3.63) is 59.4 Å². The number of guanidine groups is 1. The summed E-state index contributed by atoms with van der Waals surface area (Å²) >= 11 is 0. The maximum atomic E-state index is 13.7. The highest BCUT2D eigenvalue weighted by atomic mass is 127. The summed E-state index contributed by atoms with van der Waals surface area (Å²) < 4.78 is 39.9. The molecule has 0 unspecified atom stereocenters. The molecule has 28 heavy (non-hydrogen) atoms. The normalized spacial score (nSPS) is 13.0. The van der Waals surface area contributed by atoms with Crippen molar-refractivity contribution in [3.63, 3.8) is 0 Å². The summed E-state index contributed by atoms with van der Waals surface area (Å²) in [5.74, 6) is -4.48. The number of fused-ring (bicyclic) bond motifs is 1. The Morgan fingerprint density at radius 2 is 1.89 bits per heavy atom. The van der Waals surface area contributed by atoms with E-state index in [0.717, 1.165) is 30.8 Å². The zero-order valence-electron chi connectivity index (χ0n) is 15.1. The second-order valence-corrected chi connectivity index (χ2v) is 5.97. The summed E-state index contributed by atoms with van der Waals surface area (Å²) in [6.45, 7) is 2.95. The predicted octanol–water partition coefficient (Wildman–Crippen LogP) is 3.69. The number of nitrogens with zero attached hydrogens (tertiary/aromatic N) is 2. The topological polar surface area (TPSA) is 56.7 Å². The van der Waals surface area contributed by atoms with Crippen LogP contribution in [0.5, 0.6) is 0 Å². The lowest BCUT2D eigenvalue weighted by atomic mass is 10.2. The molecule has 1 amide bonds. The Hall–Kier alpha value is -2.30. The minimum atomic E-state index is -1.63. The zero-order chi connectivity index (χ0) is 19.4. The third-order valence-electron chi connectivity index (χ3n) is 4.16. The third kappa shape index (κ3) is 4.75. The first-order chi connectivity index (χ1) is 13.0. The van der Waals surface area contributed by atoms with Crippen molar-refractivity contribution in [3.8, 4) is 0 Å². The van der Waals surface area contributed by atoms with E-state index in [-0.39, 0.29) is 30.5 Å². The fraction of sp³-hybridized carbons (Fsp3) is 0.263. The molecule has 0 radical (unpaired) electrons. The number of nitrogens with one attached hydrogen (secondary N) is 2. The molecule has 150 valence electrons. The van der Waals surface area contributed by atoms with Gasteiger partial charge in [-0.3, -0.25) is 4.79 Å². The van der Waals surface area contributed by atoms with Gasteiger partial charge in [-0.05, 0) is 37.1 Å². The van der Waals surface area contributed by atoms with Crippen molar-refractivity contribution in [2.45, 2.75) is 13.3 Å². The zero-order valence-corrected chi connectivity index (χ0v) is 17.5. The molecule has 2 aromatic rings. The lowest BCUT2D eigenvalue weighted by Gasteiger charge is -2.22. The van der Waals surface area contributed by atoms with Gasteiger partial charge in [0.2, 0.25) is 5.91 Å². The van der Waals surface area contributed by atoms with Crippen LogP contribution in [0, 0.1) is 17.5 Å². The van der Waals surface area contributed by atoms with Gasteiger partial charge in [0.25, 0.3) is 0 Å². The van der Waals surface area contributed by atoms with Crippen LogP contribution in [-0.4, -0.2) is 31.5 Å². The van der Waals surface area contributed by atoms with Crippen LogP contribution < -0.4 is 15.5 Å². The Morgan fingerprint density at radius 1 is 1.14 bits per heavy atom. The van der Waals surface area contributed by atoms with E-state index < -0.39 is 29.0 Å². The first-order valence-electron chi connectivity index (χ1n) is 8.58. The first kappa shape index (κ1) is 22.0. The molecule has 0 saturated heterocycles. The van der Waals surface area contributed by atoms with Gasteiger partial charge >= 0.3 is 0 Å². The molecule has 5 nitrogen and oxygen atoms in total. The molecular formula is C19H20F3IN4O. The van der Waals surface area contributed by atoms with Crippen LogP contribution in [0.25, 0.3) is 0 Å². The van der Waals surface area contributed by atoms with Gasteiger partial charge < -0.3 is 15.5 Å². The van der Waals surface area contributed by atoms with Gasteiger partial charge in [0.05, 0.1) is 5.69 Å². The largest absolute Gasteiger partial charge is 0.356 e. The van der Waals surface area contributed by atoms with Gasteiger partial charge in [-0.2, -0.15) is 0 Å². The summed E-state index contributed by atoms with van der Waals surface area (Å²) in [7, 11) is 0. The Kier molecular flexibility index (Phi) is 7.67. The number of rotatable bonds is 4. The van der Waals surface area contributed by atoms with Crippen LogP contribution in [-0.2, 0) is 11.2 Å². The van der Waals surface area contributed by atoms with Gasteiger partial charge in [-0.25, -0.2) is 18.2 Å². The van der Waals surface area contributed by atoms with Crippen LogP contribution in [0.3, 0.4) is 0 Å². The fourth-order valence-electron chi connectivity index (χ4n) is 2.91. The number of halogens is 4. The van der Waals surface area contributed by atoms with E-state index >= 15 is 0 Å². The van der Waals surface area contributed by atoms with Crippen molar-refractivity contribution < 1.29 is 18.0 Å². The standard InChI is InChI=1S/C19H19F3N4O.HI/c1-2-23-19(26-10-9-12-5-3-4-6-15(12)26)24-11-16(27)25-14-8-7-13(20)17(21)18(14)22;/h3-8H,2,9-11H2,1H3,(H,23,24)(H,25,27);1H. The van der Waals surface area contributed by atoms with Crippen molar-refractivity contribution in [1.82, 2.24) is 5.32 Å². The highest BCUT2D eigenvalue weighted by Gasteiger charge is 2.22. The van der Waals surface area contributed by atoms with Crippen LogP contribution in [0.2, 0.25) is 0 Å². The monoisotopic (exact) mass is 504 g/mol. The highest BCUT2D eigenvalue weighted by Crippen LogP contribution is 2.27. The molecule has 0 aliphatic carbocycles. The van der Waals surface area contributed by atoms with Gasteiger partial charge in [0.15, 0.2) is 23.4 Å². The molecule has 0 spiro atoms.